The molecule has 0 atom stereocenters. The van der Waals surface area contributed by atoms with E-state index in [1.54, 1.807) is 6.92 Å². The lowest BCUT2D eigenvalue weighted by atomic mass is 10.0. The summed E-state index contributed by atoms with van der Waals surface area (Å²) in [6.45, 7) is 1.40. The van der Waals surface area contributed by atoms with Crippen LogP contribution in [0.25, 0.3) is 0 Å². The molecular formula is C9H12F2N2O. The molecule has 3 N–H and O–H groups in total. The van der Waals surface area contributed by atoms with E-state index >= 15 is 0 Å². The predicted molar refractivity (Wildman–Crippen MR) is 47.7 cm³/mol. The van der Waals surface area contributed by atoms with E-state index in [0.29, 0.717) is 16.8 Å². The summed E-state index contributed by atoms with van der Waals surface area (Å²) in [6.07, 6.45) is -1.50. The highest BCUT2D eigenvalue weighted by Gasteiger charge is 2.16. The quantitative estimate of drug-likeness (QED) is 0.776. The van der Waals surface area contributed by atoms with Crippen molar-refractivity contribution >= 4 is 0 Å². The van der Waals surface area contributed by atoms with Gasteiger partial charge in [-0.05, 0) is 18.1 Å². The highest BCUT2D eigenvalue weighted by atomic mass is 19.3. The van der Waals surface area contributed by atoms with Crippen LogP contribution < -0.4 is 5.73 Å². The van der Waals surface area contributed by atoms with Crippen molar-refractivity contribution in [1.29, 1.82) is 0 Å². The summed E-state index contributed by atoms with van der Waals surface area (Å²) in [4.78, 5) is 3.74. The zero-order chi connectivity index (χ0) is 10.7. The Kier molecular flexibility index (Phi) is 3.49. The van der Waals surface area contributed by atoms with Crippen LogP contribution in [0.3, 0.4) is 0 Å². The molecule has 0 aromatic carbocycles. The van der Waals surface area contributed by atoms with Gasteiger partial charge in [0.15, 0.2) is 0 Å². The lowest BCUT2D eigenvalue weighted by Crippen LogP contribution is -2.09. The Morgan fingerprint density at radius 2 is 2.21 bits per heavy atom. The highest BCUT2D eigenvalue weighted by molar-refractivity contribution is 5.36. The number of aliphatic hydroxyl groups is 1. The molecule has 0 fully saturated rings. The molecule has 5 heteroatoms. The Bertz CT molecular complexity index is 329. The van der Waals surface area contributed by atoms with E-state index < -0.39 is 6.43 Å². The monoisotopic (exact) mass is 202 g/mol. The Hall–Kier alpha value is -1.07. The number of hydrogen-bond acceptors (Lipinski definition) is 3. The van der Waals surface area contributed by atoms with Crippen LogP contribution in [0.2, 0.25) is 0 Å². The largest absolute Gasteiger partial charge is 0.390 e. The van der Waals surface area contributed by atoms with Crippen molar-refractivity contribution in [3.05, 3.63) is 28.6 Å². The summed E-state index contributed by atoms with van der Waals surface area (Å²) in [5.41, 5.74) is 6.54. The number of pyridine rings is 1. The van der Waals surface area contributed by atoms with Crippen LogP contribution in [0.4, 0.5) is 8.78 Å². The molecule has 0 aliphatic rings. The summed E-state index contributed by atoms with van der Waals surface area (Å²) >= 11 is 0. The molecule has 0 aliphatic heterocycles. The lowest BCUT2D eigenvalue weighted by molar-refractivity contribution is 0.149. The van der Waals surface area contributed by atoms with E-state index in [4.69, 9.17) is 10.8 Å². The first-order valence-corrected chi connectivity index (χ1v) is 4.18. The standard InChI is InChI=1S/C9H12F2N2O/c1-5-6(2-12)7(9(10)11)3-13-8(5)4-14/h3,9,14H,2,4,12H2,1H3. The van der Waals surface area contributed by atoms with Gasteiger partial charge in [-0.1, -0.05) is 0 Å². The average Bonchev–Trinajstić information content (AvgIpc) is 2.17. The van der Waals surface area contributed by atoms with Crippen molar-refractivity contribution in [1.82, 2.24) is 4.98 Å². The lowest BCUT2D eigenvalue weighted by Gasteiger charge is -2.12. The number of rotatable bonds is 3. The summed E-state index contributed by atoms with van der Waals surface area (Å²) < 4.78 is 24.9. The van der Waals surface area contributed by atoms with Crippen LogP contribution in [-0.2, 0) is 13.2 Å². The van der Waals surface area contributed by atoms with Crippen molar-refractivity contribution in [2.75, 3.05) is 0 Å². The molecule has 1 rings (SSSR count). The third kappa shape index (κ3) is 1.88. The molecule has 3 nitrogen and oxygen atoms in total. The number of nitrogens with two attached hydrogens (primary N) is 1. The van der Waals surface area contributed by atoms with E-state index in [2.05, 4.69) is 4.98 Å². The first kappa shape index (κ1) is 11.0. The first-order valence-electron chi connectivity index (χ1n) is 4.18. The Labute approximate surface area is 80.6 Å². The molecule has 0 radical (unpaired) electrons. The van der Waals surface area contributed by atoms with Gasteiger partial charge in [-0.25, -0.2) is 8.78 Å². The van der Waals surface area contributed by atoms with Crippen LogP contribution in [0.5, 0.6) is 0 Å². The van der Waals surface area contributed by atoms with E-state index in [1.165, 1.54) is 0 Å². The van der Waals surface area contributed by atoms with Gasteiger partial charge in [0, 0.05) is 18.3 Å². The van der Waals surface area contributed by atoms with Gasteiger partial charge in [-0.15, -0.1) is 0 Å². The van der Waals surface area contributed by atoms with E-state index in [9.17, 15) is 8.78 Å². The van der Waals surface area contributed by atoms with Crippen LogP contribution in [-0.4, -0.2) is 10.1 Å². The minimum absolute atomic E-state index is 0.0288. The molecule has 1 aromatic rings. The zero-order valence-corrected chi connectivity index (χ0v) is 7.80. The van der Waals surface area contributed by atoms with E-state index in [-0.39, 0.29) is 18.7 Å². The molecule has 0 bridgehead atoms. The van der Waals surface area contributed by atoms with Crippen LogP contribution in [0.15, 0.2) is 6.20 Å². The minimum Gasteiger partial charge on any atom is -0.390 e. The van der Waals surface area contributed by atoms with Crippen molar-refractivity contribution in [2.24, 2.45) is 5.73 Å². The fourth-order valence-corrected chi connectivity index (χ4v) is 1.33. The zero-order valence-electron chi connectivity index (χ0n) is 7.80. The summed E-state index contributed by atoms with van der Waals surface area (Å²) in [7, 11) is 0. The topological polar surface area (TPSA) is 59.1 Å². The van der Waals surface area contributed by atoms with Crippen molar-refractivity contribution in [2.45, 2.75) is 26.5 Å². The van der Waals surface area contributed by atoms with Gasteiger partial charge >= 0.3 is 0 Å². The van der Waals surface area contributed by atoms with Gasteiger partial charge in [-0.2, -0.15) is 0 Å². The van der Waals surface area contributed by atoms with E-state index in [0.717, 1.165) is 6.20 Å². The van der Waals surface area contributed by atoms with Gasteiger partial charge in [0.1, 0.15) is 0 Å². The molecule has 0 unspecified atom stereocenters. The molecular weight excluding hydrogens is 190 g/mol. The minimum atomic E-state index is -2.58. The molecule has 0 saturated heterocycles. The normalized spacial score (nSPS) is 11.0. The number of halogens is 2. The van der Waals surface area contributed by atoms with E-state index in [1.807, 2.05) is 0 Å². The molecule has 0 amide bonds. The van der Waals surface area contributed by atoms with Gasteiger partial charge in [-0.3, -0.25) is 4.98 Å². The third-order valence-electron chi connectivity index (χ3n) is 2.18. The maximum Gasteiger partial charge on any atom is 0.265 e. The highest BCUT2D eigenvalue weighted by Crippen LogP contribution is 2.25. The fraction of sp³-hybridized carbons (Fsp3) is 0.444. The molecule has 78 valence electrons. The second kappa shape index (κ2) is 4.43. The molecule has 1 aromatic heterocycles. The number of hydrogen-bond donors (Lipinski definition) is 2. The number of aromatic nitrogens is 1. The first-order chi connectivity index (χ1) is 6.61. The number of alkyl halides is 2. The third-order valence-corrected chi connectivity index (χ3v) is 2.18. The predicted octanol–water partition coefficient (Wildman–Crippen LogP) is 1.28. The average molecular weight is 202 g/mol. The Balaban J connectivity index is 3.28. The summed E-state index contributed by atoms with van der Waals surface area (Å²) in [6, 6.07) is 0. The van der Waals surface area contributed by atoms with Gasteiger partial charge < -0.3 is 10.8 Å². The SMILES string of the molecule is Cc1c(CO)ncc(C(F)F)c1CN. The maximum absolute atomic E-state index is 12.5. The second-order valence-corrected chi connectivity index (χ2v) is 2.93. The fourth-order valence-electron chi connectivity index (χ4n) is 1.33. The Morgan fingerprint density at radius 3 is 2.64 bits per heavy atom. The van der Waals surface area contributed by atoms with Crippen molar-refractivity contribution in [3.8, 4) is 0 Å². The number of nitrogens with zero attached hydrogens (tertiary/aromatic N) is 1. The smallest absolute Gasteiger partial charge is 0.265 e. The second-order valence-electron chi connectivity index (χ2n) is 2.93. The summed E-state index contributed by atoms with van der Waals surface area (Å²) in [5.74, 6) is 0. The van der Waals surface area contributed by atoms with Crippen molar-refractivity contribution < 1.29 is 13.9 Å². The van der Waals surface area contributed by atoms with Crippen LogP contribution in [0, 0.1) is 6.92 Å². The van der Waals surface area contributed by atoms with Gasteiger partial charge in [0.25, 0.3) is 6.43 Å². The molecule has 1 heterocycles. The summed E-state index contributed by atoms with van der Waals surface area (Å²) in [5, 5.41) is 8.88. The van der Waals surface area contributed by atoms with Gasteiger partial charge in [0.05, 0.1) is 12.3 Å². The molecule has 0 aliphatic carbocycles. The number of aliphatic hydroxyl groups excluding tert-OH is 1. The molecule has 0 spiro atoms. The van der Waals surface area contributed by atoms with Crippen LogP contribution in [0.1, 0.15) is 28.8 Å². The Morgan fingerprint density at radius 1 is 1.57 bits per heavy atom. The molecule has 14 heavy (non-hydrogen) atoms. The van der Waals surface area contributed by atoms with Gasteiger partial charge in [0.2, 0.25) is 0 Å². The van der Waals surface area contributed by atoms with Crippen molar-refractivity contribution in [3.63, 3.8) is 0 Å². The maximum atomic E-state index is 12.5. The van der Waals surface area contributed by atoms with Crippen LogP contribution >= 0.6 is 0 Å². The molecule has 0 saturated carbocycles.